The van der Waals surface area contributed by atoms with Crippen molar-refractivity contribution in [2.24, 2.45) is 0 Å². The first kappa shape index (κ1) is 13.3. The first-order valence-corrected chi connectivity index (χ1v) is 7.52. The average molecular weight is 327 g/mol. The van der Waals surface area contributed by atoms with Crippen LogP contribution in [0.3, 0.4) is 0 Å². The Labute approximate surface area is 136 Å². The van der Waals surface area contributed by atoms with Crippen molar-refractivity contribution in [3.8, 4) is 17.2 Å². The summed E-state index contributed by atoms with van der Waals surface area (Å²) in [5, 5.41) is 8.97. The van der Waals surface area contributed by atoms with E-state index in [0.29, 0.717) is 9.79 Å². The highest BCUT2D eigenvalue weighted by atomic mass is 35.5. The van der Waals surface area contributed by atoms with Gasteiger partial charge in [0, 0.05) is 15.9 Å². The summed E-state index contributed by atoms with van der Waals surface area (Å²) in [5.41, 5.74) is 2.86. The van der Waals surface area contributed by atoms with E-state index in [4.69, 9.17) is 23.8 Å². The van der Waals surface area contributed by atoms with Crippen molar-refractivity contribution >= 4 is 34.7 Å². The van der Waals surface area contributed by atoms with E-state index in [2.05, 4.69) is 15.2 Å². The number of para-hydroxylation sites is 1. The summed E-state index contributed by atoms with van der Waals surface area (Å²) in [6.07, 6.45) is 0. The van der Waals surface area contributed by atoms with Crippen LogP contribution in [0, 0.1) is 4.77 Å². The minimum absolute atomic E-state index is 0.554. The van der Waals surface area contributed by atoms with E-state index in [1.54, 1.807) is 0 Å². The zero-order valence-corrected chi connectivity index (χ0v) is 12.9. The standard InChI is InChI=1S/C16H11ClN4S/c17-11-6-7-13-10(8-11)9-14(18-13)15-19-20-16(22)21(15)12-4-2-1-3-5-12/h1-9,18H,(H,20,22). The molecule has 0 unspecified atom stereocenters. The second kappa shape index (κ2) is 5.12. The molecule has 2 N–H and O–H groups in total. The Bertz CT molecular complexity index is 1010. The predicted octanol–water partition coefficient (Wildman–Crippen LogP) is 4.73. The van der Waals surface area contributed by atoms with E-state index >= 15 is 0 Å². The number of H-pyrrole nitrogens is 2. The molecule has 0 aliphatic carbocycles. The van der Waals surface area contributed by atoms with E-state index in [9.17, 15) is 0 Å². The summed E-state index contributed by atoms with van der Waals surface area (Å²) in [6, 6.07) is 17.7. The van der Waals surface area contributed by atoms with Crippen molar-refractivity contribution in [2.75, 3.05) is 0 Å². The van der Waals surface area contributed by atoms with Gasteiger partial charge < -0.3 is 4.98 Å². The summed E-state index contributed by atoms with van der Waals surface area (Å²) < 4.78 is 2.46. The van der Waals surface area contributed by atoms with Crippen LogP contribution in [0.2, 0.25) is 5.02 Å². The number of fused-ring (bicyclic) bond motifs is 1. The van der Waals surface area contributed by atoms with Crippen LogP contribution in [0.5, 0.6) is 0 Å². The number of nitrogens with zero attached hydrogens (tertiary/aromatic N) is 2. The lowest BCUT2D eigenvalue weighted by Crippen LogP contribution is -1.97. The van der Waals surface area contributed by atoms with Crippen LogP contribution in [0.15, 0.2) is 54.6 Å². The highest BCUT2D eigenvalue weighted by Gasteiger charge is 2.13. The Kier molecular flexibility index (Phi) is 3.10. The maximum Gasteiger partial charge on any atom is 0.200 e. The van der Waals surface area contributed by atoms with Crippen LogP contribution in [-0.2, 0) is 0 Å². The third-order valence-corrected chi connectivity index (χ3v) is 4.02. The van der Waals surface area contributed by atoms with Crippen molar-refractivity contribution in [3.63, 3.8) is 0 Å². The van der Waals surface area contributed by atoms with Gasteiger partial charge in [-0.1, -0.05) is 29.8 Å². The molecule has 6 heteroatoms. The first-order chi connectivity index (χ1) is 10.7. The molecular formula is C16H11ClN4S. The monoisotopic (exact) mass is 326 g/mol. The fourth-order valence-corrected chi connectivity index (χ4v) is 2.94. The minimum atomic E-state index is 0.554. The van der Waals surface area contributed by atoms with E-state index in [1.165, 1.54) is 0 Å². The highest BCUT2D eigenvalue weighted by Crippen LogP contribution is 2.26. The molecule has 0 bridgehead atoms. The number of halogens is 1. The Morgan fingerprint density at radius 2 is 1.86 bits per heavy atom. The van der Waals surface area contributed by atoms with Gasteiger partial charge in [-0.3, -0.25) is 9.67 Å². The van der Waals surface area contributed by atoms with Crippen molar-refractivity contribution in [1.29, 1.82) is 0 Å². The van der Waals surface area contributed by atoms with Gasteiger partial charge in [-0.25, -0.2) is 0 Å². The highest BCUT2D eigenvalue weighted by molar-refractivity contribution is 7.71. The molecule has 0 saturated carbocycles. The lowest BCUT2D eigenvalue weighted by molar-refractivity contribution is 1.03. The molecular weight excluding hydrogens is 316 g/mol. The van der Waals surface area contributed by atoms with Gasteiger partial charge in [0.25, 0.3) is 0 Å². The van der Waals surface area contributed by atoms with E-state index in [0.717, 1.165) is 28.1 Å². The topological polar surface area (TPSA) is 49.4 Å². The lowest BCUT2D eigenvalue weighted by atomic mass is 10.2. The maximum atomic E-state index is 6.05. The Balaban J connectivity index is 1.94. The molecule has 0 atom stereocenters. The zero-order valence-electron chi connectivity index (χ0n) is 11.4. The Hall–Kier alpha value is -2.37. The van der Waals surface area contributed by atoms with Gasteiger partial charge in [0.1, 0.15) is 0 Å². The van der Waals surface area contributed by atoms with E-state index in [1.807, 2.05) is 59.2 Å². The molecule has 0 saturated heterocycles. The van der Waals surface area contributed by atoms with Crippen LogP contribution in [0.1, 0.15) is 0 Å². The Morgan fingerprint density at radius 3 is 2.68 bits per heavy atom. The number of rotatable bonds is 2. The van der Waals surface area contributed by atoms with Gasteiger partial charge in [0.05, 0.1) is 11.4 Å². The summed E-state index contributed by atoms with van der Waals surface area (Å²) in [4.78, 5) is 3.35. The van der Waals surface area contributed by atoms with Crippen LogP contribution >= 0.6 is 23.8 Å². The number of hydrogen-bond donors (Lipinski definition) is 2. The molecule has 108 valence electrons. The molecule has 0 amide bonds. The van der Waals surface area contributed by atoms with Crippen molar-refractivity contribution in [1.82, 2.24) is 19.7 Å². The predicted molar refractivity (Wildman–Crippen MR) is 91.1 cm³/mol. The Morgan fingerprint density at radius 1 is 1.05 bits per heavy atom. The number of benzene rings is 2. The second-order valence-corrected chi connectivity index (χ2v) is 5.76. The maximum absolute atomic E-state index is 6.05. The fourth-order valence-electron chi connectivity index (χ4n) is 2.52. The third-order valence-electron chi connectivity index (χ3n) is 3.51. The lowest BCUT2D eigenvalue weighted by Gasteiger charge is -2.04. The minimum Gasteiger partial charge on any atom is -0.352 e. The van der Waals surface area contributed by atoms with Crippen LogP contribution in [-0.4, -0.2) is 19.7 Å². The molecule has 4 aromatic rings. The number of aromatic amines is 2. The average Bonchev–Trinajstić information content (AvgIpc) is 3.10. The second-order valence-electron chi connectivity index (χ2n) is 4.94. The molecule has 0 fully saturated rings. The van der Waals surface area contributed by atoms with Crippen molar-refractivity contribution in [2.45, 2.75) is 0 Å². The molecule has 2 heterocycles. The summed E-state index contributed by atoms with van der Waals surface area (Å²) >= 11 is 11.4. The molecule has 22 heavy (non-hydrogen) atoms. The van der Waals surface area contributed by atoms with Crippen LogP contribution in [0.25, 0.3) is 28.1 Å². The normalized spacial score (nSPS) is 11.1. The van der Waals surface area contributed by atoms with E-state index in [-0.39, 0.29) is 0 Å². The van der Waals surface area contributed by atoms with Gasteiger partial charge in [-0.2, -0.15) is 5.10 Å². The fraction of sp³-hybridized carbons (Fsp3) is 0. The molecule has 2 aromatic heterocycles. The van der Waals surface area contributed by atoms with Crippen LogP contribution in [0.4, 0.5) is 0 Å². The zero-order chi connectivity index (χ0) is 15.1. The summed E-state index contributed by atoms with van der Waals surface area (Å²) in [5.74, 6) is 0.739. The SMILES string of the molecule is S=c1[nH]nc(-c2cc3cc(Cl)ccc3[nH]2)n1-c1ccccc1. The molecule has 0 spiro atoms. The molecule has 2 aromatic carbocycles. The van der Waals surface area contributed by atoms with Gasteiger partial charge in [-0.05, 0) is 48.6 Å². The molecule has 0 radical (unpaired) electrons. The van der Waals surface area contributed by atoms with E-state index < -0.39 is 0 Å². The smallest absolute Gasteiger partial charge is 0.200 e. The molecule has 4 nitrogen and oxygen atoms in total. The largest absolute Gasteiger partial charge is 0.352 e. The van der Waals surface area contributed by atoms with Crippen LogP contribution < -0.4 is 0 Å². The quantitative estimate of drug-likeness (QED) is 0.523. The van der Waals surface area contributed by atoms with Gasteiger partial charge in [-0.15, -0.1) is 0 Å². The third kappa shape index (κ3) is 2.15. The molecule has 4 rings (SSSR count). The number of nitrogens with one attached hydrogen (secondary N) is 2. The molecule has 0 aliphatic heterocycles. The van der Waals surface area contributed by atoms with Crippen molar-refractivity contribution < 1.29 is 0 Å². The number of aromatic nitrogens is 4. The summed E-state index contributed by atoms with van der Waals surface area (Å²) in [7, 11) is 0. The van der Waals surface area contributed by atoms with Gasteiger partial charge >= 0.3 is 0 Å². The summed E-state index contributed by atoms with van der Waals surface area (Å²) in [6.45, 7) is 0. The van der Waals surface area contributed by atoms with Gasteiger partial charge in [0.15, 0.2) is 10.6 Å². The van der Waals surface area contributed by atoms with Crippen molar-refractivity contribution in [3.05, 3.63) is 64.4 Å². The molecule has 0 aliphatic rings. The number of hydrogen-bond acceptors (Lipinski definition) is 2. The first-order valence-electron chi connectivity index (χ1n) is 6.74. The van der Waals surface area contributed by atoms with Gasteiger partial charge in [0.2, 0.25) is 0 Å².